The molecule has 0 aromatic heterocycles. The summed E-state index contributed by atoms with van der Waals surface area (Å²) < 4.78 is 0. The highest BCUT2D eigenvalue weighted by molar-refractivity contribution is 6.31. The highest BCUT2D eigenvalue weighted by atomic mass is 35.5. The van der Waals surface area contributed by atoms with Gasteiger partial charge in [-0.1, -0.05) is 38.4 Å². The maximum absolute atomic E-state index is 9.22. The number of rotatable bonds is 5. The van der Waals surface area contributed by atoms with Crippen molar-refractivity contribution in [1.29, 1.82) is 0 Å². The van der Waals surface area contributed by atoms with Crippen molar-refractivity contribution in [3.63, 3.8) is 0 Å². The molecule has 0 saturated carbocycles. The Balaban J connectivity index is 2.43. The Hall–Kier alpha value is -0.730. The fourth-order valence-electron chi connectivity index (χ4n) is 1.35. The van der Waals surface area contributed by atoms with E-state index in [4.69, 9.17) is 11.6 Å². The second-order valence-electron chi connectivity index (χ2n) is 4.63. The average Bonchev–Trinajstić information content (AvgIpc) is 2.20. The molecule has 0 radical (unpaired) electrons. The first-order chi connectivity index (χ1) is 7.50. The van der Waals surface area contributed by atoms with Crippen molar-refractivity contribution < 1.29 is 5.11 Å². The monoisotopic (exact) mass is 241 g/mol. The number of hydrogen-bond acceptors (Lipinski definition) is 2. The third-order valence-corrected chi connectivity index (χ3v) is 3.31. The first kappa shape index (κ1) is 13.3. The van der Waals surface area contributed by atoms with E-state index in [1.807, 2.05) is 6.07 Å². The smallest absolute Gasteiger partial charge is 0.117 e. The predicted octanol–water partition coefficient (Wildman–Crippen LogP) is 3.43. The molecule has 0 heterocycles. The summed E-state index contributed by atoms with van der Waals surface area (Å²) in [5.74, 6) is 1.54. The molecule has 1 atom stereocenters. The molecule has 16 heavy (non-hydrogen) atoms. The Morgan fingerprint density at radius 1 is 1.31 bits per heavy atom. The molecule has 0 unspecified atom stereocenters. The lowest BCUT2D eigenvalue weighted by molar-refractivity contribution is 0.392. The second kappa shape index (κ2) is 6.12. The summed E-state index contributed by atoms with van der Waals surface area (Å²) in [6, 6.07) is 5.09. The van der Waals surface area contributed by atoms with Gasteiger partial charge in [-0.2, -0.15) is 0 Å². The van der Waals surface area contributed by atoms with E-state index >= 15 is 0 Å². The van der Waals surface area contributed by atoms with Gasteiger partial charge in [0.15, 0.2) is 0 Å². The van der Waals surface area contributed by atoms with Gasteiger partial charge >= 0.3 is 0 Å². The maximum atomic E-state index is 9.22. The molecule has 1 aromatic carbocycles. The van der Waals surface area contributed by atoms with Crippen LogP contribution < -0.4 is 5.32 Å². The van der Waals surface area contributed by atoms with Gasteiger partial charge in [-0.3, -0.25) is 0 Å². The number of hydrogen-bond donors (Lipinski definition) is 2. The zero-order chi connectivity index (χ0) is 12.1. The van der Waals surface area contributed by atoms with Crippen LogP contribution >= 0.6 is 11.6 Å². The normalized spacial score (nSPS) is 13.1. The number of phenolic OH excluding ortho intramolecular Hbond substituents is 1. The Kier molecular flexibility index (Phi) is 5.10. The van der Waals surface area contributed by atoms with Crippen LogP contribution in [0.3, 0.4) is 0 Å². The molecular formula is C13H20ClNO. The first-order valence-corrected chi connectivity index (χ1v) is 6.06. The van der Waals surface area contributed by atoms with Crippen LogP contribution in [0.4, 0.5) is 0 Å². The third kappa shape index (κ3) is 4.03. The molecule has 0 fully saturated rings. The fraction of sp³-hybridized carbons (Fsp3) is 0.538. The minimum Gasteiger partial charge on any atom is -0.508 e. The van der Waals surface area contributed by atoms with Crippen LogP contribution in [0, 0.1) is 11.8 Å². The summed E-state index contributed by atoms with van der Waals surface area (Å²) >= 11 is 6.01. The number of phenols is 1. The molecule has 0 amide bonds. The van der Waals surface area contributed by atoms with Gasteiger partial charge in [0.25, 0.3) is 0 Å². The standard InChI is InChI=1S/C13H20ClNO/c1-9(2)10(3)7-15-8-11-4-5-12(16)6-13(11)14/h4-6,9-10,15-16H,7-8H2,1-3H3/t10-/m1/s1. The van der Waals surface area contributed by atoms with Crippen molar-refractivity contribution in [2.24, 2.45) is 11.8 Å². The van der Waals surface area contributed by atoms with Crippen LogP contribution in [0.2, 0.25) is 5.02 Å². The van der Waals surface area contributed by atoms with E-state index < -0.39 is 0 Å². The van der Waals surface area contributed by atoms with Crippen LogP contribution in [0.5, 0.6) is 5.75 Å². The van der Waals surface area contributed by atoms with Gasteiger partial charge in [0.05, 0.1) is 0 Å². The Morgan fingerprint density at radius 3 is 2.56 bits per heavy atom. The van der Waals surface area contributed by atoms with Gasteiger partial charge in [0.2, 0.25) is 0 Å². The number of benzene rings is 1. The molecule has 0 spiro atoms. The number of nitrogens with one attached hydrogen (secondary N) is 1. The summed E-state index contributed by atoms with van der Waals surface area (Å²) in [6.45, 7) is 8.40. The number of aromatic hydroxyl groups is 1. The molecule has 90 valence electrons. The Morgan fingerprint density at radius 2 is 2.00 bits per heavy atom. The van der Waals surface area contributed by atoms with Crippen molar-refractivity contribution >= 4 is 11.6 Å². The lowest BCUT2D eigenvalue weighted by atomic mass is 9.98. The molecule has 0 saturated heterocycles. The summed E-state index contributed by atoms with van der Waals surface area (Å²) in [7, 11) is 0. The third-order valence-electron chi connectivity index (χ3n) is 2.96. The molecule has 1 rings (SSSR count). The van der Waals surface area contributed by atoms with E-state index in [9.17, 15) is 5.11 Å². The Labute approximate surface area is 103 Å². The highest BCUT2D eigenvalue weighted by Gasteiger charge is 2.07. The number of halogens is 1. The van der Waals surface area contributed by atoms with E-state index in [1.165, 1.54) is 0 Å². The fourth-order valence-corrected chi connectivity index (χ4v) is 1.59. The molecular weight excluding hydrogens is 222 g/mol. The molecule has 0 bridgehead atoms. The van der Waals surface area contributed by atoms with E-state index in [0.29, 0.717) is 16.9 Å². The second-order valence-corrected chi connectivity index (χ2v) is 5.04. The zero-order valence-corrected chi connectivity index (χ0v) is 10.9. The quantitative estimate of drug-likeness (QED) is 0.828. The van der Waals surface area contributed by atoms with Crippen molar-refractivity contribution in [3.8, 4) is 5.75 Å². The van der Waals surface area contributed by atoms with Crippen molar-refractivity contribution in [1.82, 2.24) is 5.32 Å². The average molecular weight is 242 g/mol. The summed E-state index contributed by atoms with van der Waals surface area (Å²) in [6.07, 6.45) is 0. The maximum Gasteiger partial charge on any atom is 0.117 e. The van der Waals surface area contributed by atoms with Gasteiger partial charge in [-0.25, -0.2) is 0 Å². The molecule has 1 aromatic rings. The van der Waals surface area contributed by atoms with Crippen molar-refractivity contribution in [3.05, 3.63) is 28.8 Å². The van der Waals surface area contributed by atoms with E-state index in [0.717, 1.165) is 18.7 Å². The van der Waals surface area contributed by atoms with Crippen LogP contribution in [-0.4, -0.2) is 11.7 Å². The molecule has 2 nitrogen and oxygen atoms in total. The predicted molar refractivity (Wildman–Crippen MR) is 68.8 cm³/mol. The van der Waals surface area contributed by atoms with E-state index in [-0.39, 0.29) is 5.75 Å². The molecule has 0 aliphatic carbocycles. The summed E-state index contributed by atoms with van der Waals surface area (Å²) in [5, 5.41) is 13.2. The zero-order valence-electron chi connectivity index (χ0n) is 10.1. The SMILES string of the molecule is CC(C)[C@H](C)CNCc1ccc(O)cc1Cl. The van der Waals surface area contributed by atoms with Gasteiger partial charge in [-0.05, 0) is 36.1 Å². The van der Waals surface area contributed by atoms with Gasteiger partial charge in [-0.15, -0.1) is 0 Å². The van der Waals surface area contributed by atoms with Crippen molar-refractivity contribution in [2.75, 3.05) is 6.54 Å². The largest absolute Gasteiger partial charge is 0.508 e. The van der Waals surface area contributed by atoms with Crippen LogP contribution in [0.1, 0.15) is 26.3 Å². The lowest BCUT2D eigenvalue weighted by Gasteiger charge is -2.16. The molecule has 2 N–H and O–H groups in total. The molecule has 0 aliphatic rings. The topological polar surface area (TPSA) is 32.3 Å². The minimum absolute atomic E-state index is 0.212. The Bertz CT molecular complexity index is 339. The van der Waals surface area contributed by atoms with Crippen molar-refractivity contribution in [2.45, 2.75) is 27.3 Å². The lowest BCUT2D eigenvalue weighted by Crippen LogP contribution is -2.23. The first-order valence-electron chi connectivity index (χ1n) is 5.68. The van der Waals surface area contributed by atoms with E-state index in [1.54, 1.807) is 12.1 Å². The summed E-state index contributed by atoms with van der Waals surface area (Å²) in [5.41, 5.74) is 1.02. The van der Waals surface area contributed by atoms with Gasteiger partial charge < -0.3 is 10.4 Å². The van der Waals surface area contributed by atoms with Crippen LogP contribution in [-0.2, 0) is 6.54 Å². The van der Waals surface area contributed by atoms with Crippen LogP contribution in [0.15, 0.2) is 18.2 Å². The van der Waals surface area contributed by atoms with E-state index in [2.05, 4.69) is 26.1 Å². The molecule has 3 heteroatoms. The van der Waals surface area contributed by atoms with Gasteiger partial charge in [0, 0.05) is 11.6 Å². The summed E-state index contributed by atoms with van der Waals surface area (Å²) in [4.78, 5) is 0. The van der Waals surface area contributed by atoms with Gasteiger partial charge in [0.1, 0.15) is 5.75 Å². The molecule has 0 aliphatic heterocycles. The minimum atomic E-state index is 0.212. The van der Waals surface area contributed by atoms with Crippen LogP contribution in [0.25, 0.3) is 0 Å². The highest BCUT2D eigenvalue weighted by Crippen LogP contribution is 2.21.